The van der Waals surface area contributed by atoms with E-state index in [9.17, 15) is 9.59 Å². The SMILES string of the molecule is Cc1nn(Cc2c(Cl)cccc2Cl)c(Cl)c1C=CC(=O)OCC(=O)c1ccc[nH]1. The van der Waals surface area contributed by atoms with Crippen LogP contribution < -0.4 is 0 Å². The third-order valence-electron chi connectivity index (χ3n) is 4.11. The van der Waals surface area contributed by atoms with Gasteiger partial charge in [0.25, 0.3) is 0 Å². The molecule has 0 aliphatic rings. The van der Waals surface area contributed by atoms with E-state index in [0.717, 1.165) is 0 Å². The van der Waals surface area contributed by atoms with Crippen LogP contribution in [0.25, 0.3) is 6.08 Å². The number of H-pyrrole nitrogens is 1. The van der Waals surface area contributed by atoms with Crippen LogP contribution in [0.5, 0.6) is 0 Å². The Hall–Kier alpha value is -2.54. The van der Waals surface area contributed by atoms with Gasteiger partial charge in [-0.15, -0.1) is 0 Å². The Kier molecular flexibility index (Phi) is 6.79. The quantitative estimate of drug-likeness (QED) is 0.312. The molecule has 0 fully saturated rings. The van der Waals surface area contributed by atoms with Crippen molar-refractivity contribution in [3.63, 3.8) is 0 Å². The smallest absolute Gasteiger partial charge is 0.331 e. The number of aromatic nitrogens is 3. The van der Waals surface area contributed by atoms with Crippen molar-refractivity contribution >= 4 is 52.6 Å². The second kappa shape index (κ2) is 9.31. The number of Topliss-reactive ketones (excluding diaryl/α,β-unsaturated/α-hetero) is 1. The molecule has 3 aromatic rings. The summed E-state index contributed by atoms with van der Waals surface area (Å²) in [6.45, 7) is 1.68. The van der Waals surface area contributed by atoms with Crippen molar-refractivity contribution in [2.45, 2.75) is 13.5 Å². The highest BCUT2D eigenvalue weighted by Crippen LogP contribution is 2.28. The Bertz CT molecular complexity index is 1050. The third kappa shape index (κ3) is 5.09. The molecule has 3 rings (SSSR count). The van der Waals surface area contributed by atoms with Gasteiger partial charge in [0.2, 0.25) is 5.78 Å². The summed E-state index contributed by atoms with van der Waals surface area (Å²) in [6.07, 6.45) is 4.31. The number of aryl methyl sites for hydroxylation is 1. The van der Waals surface area contributed by atoms with Gasteiger partial charge in [-0.1, -0.05) is 40.9 Å². The number of nitrogens with zero attached hydrogens (tertiary/aromatic N) is 2. The van der Waals surface area contributed by atoms with Gasteiger partial charge in [-0.3, -0.25) is 4.79 Å². The van der Waals surface area contributed by atoms with E-state index in [0.29, 0.717) is 37.7 Å². The zero-order valence-electron chi connectivity index (χ0n) is 15.3. The molecule has 0 spiro atoms. The Balaban J connectivity index is 1.68. The number of hydrogen-bond donors (Lipinski definition) is 1. The first-order valence-corrected chi connectivity index (χ1v) is 9.67. The van der Waals surface area contributed by atoms with Gasteiger partial charge in [0, 0.05) is 33.4 Å². The maximum atomic E-state index is 11.9. The van der Waals surface area contributed by atoms with E-state index in [-0.39, 0.29) is 18.9 Å². The molecule has 9 heteroatoms. The first-order chi connectivity index (χ1) is 13.9. The van der Waals surface area contributed by atoms with Crippen LogP contribution in [0.15, 0.2) is 42.6 Å². The van der Waals surface area contributed by atoms with Crippen LogP contribution >= 0.6 is 34.8 Å². The van der Waals surface area contributed by atoms with E-state index in [1.54, 1.807) is 48.1 Å². The second-order valence-corrected chi connectivity index (χ2v) is 7.27. The van der Waals surface area contributed by atoms with E-state index < -0.39 is 5.97 Å². The number of carbonyl (C=O) groups excluding carboxylic acids is 2. The average molecular weight is 453 g/mol. The lowest BCUT2D eigenvalue weighted by atomic mass is 10.2. The summed E-state index contributed by atoms with van der Waals surface area (Å²) in [4.78, 5) is 26.5. The number of benzene rings is 1. The summed E-state index contributed by atoms with van der Waals surface area (Å²) in [5.41, 5.74) is 2.24. The molecule has 0 saturated carbocycles. The van der Waals surface area contributed by atoms with Crippen molar-refractivity contribution < 1.29 is 14.3 Å². The minimum absolute atomic E-state index is 0.279. The van der Waals surface area contributed by atoms with Crippen LogP contribution in [0.2, 0.25) is 15.2 Å². The van der Waals surface area contributed by atoms with Crippen molar-refractivity contribution in [1.29, 1.82) is 0 Å². The predicted molar refractivity (Wildman–Crippen MR) is 113 cm³/mol. The first kappa shape index (κ1) is 21.2. The largest absolute Gasteiger partial charge is 0.454 e. The first-order valence-electron chi connectivity index (χ1n) is 8.54. The Morgan fingerprint density at radius 1 is 1.17 bits per heavy atom. The Morgan fingerprint density at radius 2 is 1.90 bits per heavy atom. The fourth-order valence-corrected chi connectivity index (χ4v) is 3.43. The molecule has 0 aliphatic carbocycles. The van der Waals surface area contributed by atoms with Gasteiger partial charge >= 0.3 is 5.97 Å². The summed E-state index contributed by atoms with van der Waals surface area (Å²) in [5, 5.41) is 5.72. The number of aromatic amines is 1. The Labute approximate surface area is 182 Å². The molecule has 0 bridgehead atoms. The zero-order valence-corrected chi connectivity index (χ0v) is 17.6. The van der Waals surface area contributed by atoms with Crippen molar-refractivity contribution in [1.82, 2.24) is 14.8 Å². The lowest BCUT2D eigenvalue weighted by molar-refractivity contribution is -0.136. The molecule has 1 N–H and O–H groups in total. The molecule has 1 aromatic carbocycles. The maximum Gasteiger partial charge on any atom is 0.331 e. The van der Waals surface area contributed by atoms with Gasteiger partial charge in [-0.25, -0.2) is 9.48 Å². The highest BCUT2D eigenvalue weighted by molar-refractivity contribution is 6.36. The summed E-state index contributed by atoms with van der Waals surface area (Å²) < 4.78 is 6.51. The average Bonchev–Trinajstić information content (AvgIpc) is 3.31. The number of esters is 1. The van der Waals surface area contributed by atoms with Crippen molar-refractivity contribution in [2.24, 2.45) is 0 Å². The van der Waals surface area contributed by atoms with Gasteiger partial charge < -0.3 is 9.72 Å². The summed E-state index contributed by atoms with van der Waals surface area (Å²) in [6, 6.07) is 8.52. The zero-order chi connectivity index (χ0) is 21.0. The number of hydrogen-bond acceptors (Lipinski definition) is 4. The number of carbonyl (C=O) groups is 2. The van der Waals surface area contributed by atoms with Crippen molar-refractivity contribution in [3.05, 3.63) is 80.3 Å². The molecular formula is C20H16Cl3N3O3. The number of ether oxygens (including phenoxy) is 1. The molecule has 0 amide bonds. The number of nitrogens with one attached hydrogen (secondary N) is 1. The molecule has 2 aromatic heterocycles. The normalized spacial score (nSPS) is 11.2. The fraction of sp³-hybridized carbons (Fsp3) is 0.150. The van der Waals surface area contributed by atoms with Gasteiger partial charge in [0.1, 0.15) is 5.15 Å². The number of rotatable bonds is 7. The summed E-state index contributed by atoms with van der Waals surface area (Å²) >= 11 is 18.8. The topological polar surface area (TPSA) is 77.0 Å². The molecule has 2 heterocycles. The molecule has 29 heavy (non-hydrogen) atoms. The third-order valence-corrected chi connectivity index (χ3v) is 5.22. The number of halogens is 3. The van der Waals surface area contributed by atoms with Crippen LogP contribution in [-0.4, -0.2) is 33.1 Å². The Morgan fingerprint density at radius 3 is 2.55 bits per heavy atom. The van der Waals surface area contributed by atoms with Crippen LogP contribution in [0.4, 0.5) is 0 Å². The van der Waals surface area contributed by atoms with Gasteiger partial charge in [-0.05, 0) is 37.3 Å². The van der Waals surface area contributed by atoms with Gasteiger partial charge in [0.15, 0.2) is 6.61 Å². The van der Waals surface area contributed by atoms with E-state index in [2.05, 4.69) is 10.1 Å². The minimum Gasteiger partial charge on any atom is -0.454 e. The summed E-state index contributed by atoms with van der Waals surface area (Å²) in [5.74, 6) is -0.988. The molecule has 0 radical (unpaired) electrons. The molecule has 0 saturated heterocycles. The maximum absolute atomic E-state index is 11.9. The van der Waals surface area contributed by atoms with Crippen LogP contribution in [0.3, 0.4) is 0 Å². The van der Waals surface area contributed by atoms with Gasteiger partial charge in [0.05, 0.1) is 17.9 Å². The standard InChI is InChI=1S/C20H16Cl3N3O3/c1-12-13(7-8-19(28)29-11-18(27)17-6-3-9-24-17)20(23)26(25-12)10-14-15(21)4-2-5-16(14)22/h2-9,24H,10-11H2,1H3. The van der Waals surface area contributed by atoms with E-state index in [1.165, 1.54) is 12.2 Å². The van der Waals surface area contributed by atoms with Crippen molar-refractivity contribution in [2.75, 3.05) is 6.61 Å². The highest BCUT2D eigenvalue weighted by atomic mass is 35.5. The monoisotopic (exact) mass is 451 g/mol. The van der Waals surface area contributed by atoms with E-state index in [1.807, 2.05) is 0 Å². The highest BCUT2D eigenvalue weighted by Gasteiger charge is 2.15. The minimum atomic E-state index is -0.665. The second-order valence-electron chi connectivity index (χ2n) is 6.10. The molecule has 6 nitrogen and oxygen atoms in total. The van der Waals surface area contributed by atoms with Crippen LogP contribution in [0.1, 0.15) is 27.3 Å². The molecule has 0 atom stereocenters. The molecule has 0 unspecified atom stereocenters. The fourth-order valence-electron chi connectivity index (χ4n) is 2.61. The van der Waals surface area contributed by atoms with E-state index in [4.69, 9.17) is 39.5 Å². The van der Waals surface area contributed by atoms with Gasteiger partial charge in [-0.2, -0.15) is 5.10 Å². The van der Waals surface area contributed by atoms with Crippen molar-refractivity contribution in [3.8, 4) is 0 Å². The summed E-state index contributed by atoms with van der Waals surface area (Å²) in [7, 11) is 0. The predicted octanol–water partition coefficient (Wildman–Crippen LogP) is 4.97. The lowest BCUT2D eigenvalue weighted by Gasteiger charge is -2.08. The van der Waals surface area contributed by atoms with Crippen LogP contribution in [-0.2, 0) is 16.1 Å². The number of ketones is 1. The molecular weight excluding hydrogens is 437 g/mol. The molecule has 0 aliphatic heterocycles. The van der Waals surface area contributed by atoms with E-state index >= 15 is 0 Å². The van der Waals surface area contributed by atoms with Crippen LogP contribution in [0, 0.1) is 6.92 Å². The molecule has 150 valence electrons. The lowest BCUT2D eigenvalue weighted by Crippen LogP contribution is -2.12.